The van der Waals surface area contributed by atoms with E-state index in [0.717, 1.165) is 12.2 Å². The highest BCUT2D eigenvalue weighted by Crippen LogP contribution is 2.30. The minimum Gasteiger partial charge on any atom is -0.457 e. The molecule has 3 nitrogen and oxygen atoms in total. The summed E-state index contributed by atoms with van der Waals surface area (Å²) in [5, 5.41) is 0. The molecule has 0 bridgehead atoms. The molecule has 0 fully saturated rings. The second-order valence-electron chi connectivity index (χ2n) is 3.74. The highest BCUT2D eigenvalue weighted by atomic mass is 16.7. The summed E-state index contributed by atoms with van der Waals surface area (Å²) < 4.78 is 10.9. The minimum absolute atomic E-state index is 0.410. The summed E-state index contributed by atoms with van der Waals surface area (Å²) in [4.78, 5) is 0. The normalized spacial score (nSPS) is 28.2. The molecule has 1 unspecified atom stereocenters. The van der Waals surface area contributed by atoms with E-state index in [1.54, 1.807) is 6.26 Å². The average molecular weight is 171 g/mol. The second kappa shape index (κ2) is 3.35. The van der Waals surface area contributed by atoms with Crippen molar-refractivity contribution in [2.75, 3.05) is 6.54 Å². The molecule has 0 saturated heterocycles. The third-order valence-corrected chi connectivity index (χ3v) is 1.77. The quantitative estimate of drug-likeness (QED) is 0.701. The molecule has 0 radical (unpaired) electrons. The van der Waals surface area contributed by atoms with Crippen LogP contribution in [0, 0.1) is 5.92 Å². The lowest BCUT2D eigenvalue weighted by Crippen LogP contribution is -2.28. The maximum atomic E-state index is 5.52. The number of ether oxygens (including phenoxy) is 2. The van der Waals surface area contributed by atoms with Crippen molar-refractivity contribution in [1.82, 2.24) is 0 Å². The monoisotopic (exact) mass is 171 g/mol. The van der Waals surface area contributed by atoms with Gasteiger partial charge in [0.2, 0.25) is 5.79 Å². The van der Waals surface area contributed by atoms with Crippen LogP contribution in [-0.4, -0.2) is 12.3 Å². The molecule has 1 rings (SSSR count). The highest BCUT2D eigenvalue weighted by Gasteiger charge is 2.33. The van der Waals surface area contributed by atoms with Crippen molar-refractivity contribution in [2.45, 2.75) is 33.0 Å². The van der Waals surface area contributed by atoms with Gasteiger partial charge in [-0.15, -0.1) is 0 Å². The van der Waals surface area contributed by atoms with Crippen molar-refractivity contribution >= 4 is 0 Å². The van der Waals surface area contributed by atoms with E-state index in [0.29, 0.717) is 12.5 Å². The summed E-state index contributed by atoms with van der Waals surface area (Å²) in [5.74, 6) is 0.807. The average Bonchev–Trinajstić information content (AvgIpc) is 2.30. The number of hydrogen-bond acceptors (Lipinski definition) is 3. The maximum absolute atomic E-state index is 5.52. The Morgan fingerprint density at radius 3 is 2.67 bits per heavy atom. The first-order valence-corrected chi connectivity index (χ1v) is 4.32. The number of rotatable bonds is 3. The molecular weight excluding hydrogens is 154 g/mol. The van der Waals surface area contributed by atoms with E-state index < -0.39 is 5.79 Å². The van der Waals surface area contributed by atoms with Crippen LogP contribution in [0.25, 0.3) is 0 Å². The molecule has 1 aliphatic heterocycles. The third-order valence-electron chi connectivity index (χ3n) is 1.77. The number of nitrogens with two attached hydrogens (primary N) is 1. The zero-order chi connectivity index (χ0) is 9.19. The Balaban J connectivity index is 2.46. The predicted molar refractivity (Wildman–Crippen MR) is 47.2 cm³/mol. The Bertz CT molecular complexity index is 189. The fraction of sp³-hybridized carbons (Fsp3) is 0.778. The lowest BCUT2D eigenvalue weighted by Gasteiger charge is -2.25. The molecular formula is C9H17NO2. The van der Waals surface area contributed by atoms with Crippen LogP contribution in [0.5, 0.6) is 0 Å². The summed E-state index contributed by atoms with van der Waals surface area (Å²) in [6, 6.07) is 0. The lowest BCUT2D eigenvalue weighted by molar-refractivity contribution is -0.144. The van der Waals surface area contributed by atoms with Gasteiger partial charge in [-0.2, -0.15) is 0 Å². The Hall–Kier alpha value is -0.700. The van der Waals surface area contributed by atoms with Gasteiger partial charge in [-0.3, -0.25) is 0 Å². The fourth-order valence-corrected chi connectivity index (χ4v) is 1.44. The second-order valence-corrected chi connectivity index (χ2v) is 3.74. The lowest BCUT2D eigenvalue weighted by atomic mass is 10.0. The van der Waals surface area contributed by atoms with Gasteiger partial charge in [0.25, 0.3) is 0 Å². The van der Waals surface area contributed by atoms with E-state index in [1.807, 2.05) is 6.92 Å². The molecule has 70 valence electrons. The molecule has 0 spiro atoms. The summed E-state index contributed by atoms with van der Waals surface area (Å²) in [7, 11) is 0. The first kappa shape index (κ1) is 9.39. The van der Waals surface area contributed by atoms with Gasteiger partial charge in [-0.05, 0) is 5.92 Å². The summed E-state index contributed by atoms with van der Waals surface area (Å²) >= 11 is 0. The molecule has 1 atom stereocenters. The molecule has 12 heavy (non-hydrogen) atoms. The van der Waals surface area contributed by atoms with Crippen LogP contribution in [0.1, 0.15) is 27.2 Å². The van der Waals surface area contributed by atoms with Crippen molar-refractivity contribution < 1.29 is 9.47 Å². The highest BCUT2D eigenvalue weighted by molar-refractivity contribution is 4.97. The molecule has 0 saturated carbocycles. The van der Waals surface area contributed by atoms with Crippen LogP contribution >= 0.6 is 0 Å². The smallest absolute Gasteiger partial charge is 0.247 e. The first-order valence-electron chi connectivity index (χ1n) is 4.32. The SMILES string of the molecule is CC(C)CC1(C)OC=C(CN)O1. The predicted octanol–water partition coefficient (Wildman–Crippen LogP) is 1.60. The van der Waals surface area contributed by atoms with Crippen LogP contribution in [-0.2, 0) is 9.47 Å². The molecule has 0 aromatic rings. The summed E-state index contributed by atoms with van der Waals surface area (Å²) in [6.45, 7) is 6.62. The van der Waals surface area contributed by atoms with Crippen LogP contribution in [0.4, 0.5) is 0 Å². The molecule has 2 N–H and O–H groups in total. The molecule has 3 heteroatoms. The van der Waals surface area contributed by atoms with Crippen LogP contribution in [0.3, 0.4) is 0 Å². The van der Waals surface area contributed by atoms with Gasteiger partial charge >= 0.3 is 0 Å². The standard InChI is InChI=1S/C9H17NO2/c1-7(2)4-9(3)11-6-8(5-10)12-9/h6-7H,4-5,10H2,1-3H3. The van der Waals surface area contributed by atoms with E-state index in [9.17, 15) is 0 Å². The van der Waals surface area contributed by atoms with Gasteiger partial charge in [0.05, 0.1) is 6.54 Å². The summed E-state index contributed by atoms with van der Waals surface area (Å²) in [5.41, 5.74) is 5.41. The third kappa shape index (κ3) is 2.14. The van der Waals surface area contributed by atoms with Gasteiger partial charge in [0.15, 0.2) is 0 Å². The van der Waals surface area contributed by atoms with Gasteiger partial charge < -0.3 is 15.2 Å². The Morgan fingerprint density at radius 1 is 1.58 bits per heavy atom. The van der Waals surface area contributed by atoms with Gasteiger partial charge in [0.1, 0.15) is 12.0 Å². The van der Waals surface area contributed by atoms with Crippen molar-refractivity contribution in [1.29, 1.82) is 0 Å². The van der Waals surface area contributed by atoms with E-state index in [4.69, 9.17) is 15.2 Å². The van der Waals surface area contributed by atoms with E-state index in [2.05, 4.69) is 13.8 Å². The van der Waals surface area contributed by atoms with E-state index in [1.165, 1.54) is 0 Å². The zero-order valence-electron chi connectivity index (χ0n) is 7.96. The van der Waals surface area contributed by atoms with Crippen molar-refractivity contribution in [3.63, 3.8) is 0 Å². The summed E-state index contributed by atoms with van der Waals surface area (Å²) in [6.07, 6.45) is 2.50. The molecule has 0 aliphatic carbocycles. The zero-order valence-corrected chi connectivity index (χ0v) is 7.96. The van der Waals surface area contributed by atoms with Crippen LogP contribution in [0.15, 0.2) is 12.0 Å². The van der Waals surface area contributed by atoms with Crippen molar-refractivity contribution in [2.24, 2.45) is 11.7 Å². The molecule has 0 amide bonds. The van der Waals surface area contributed by atoms with Crippen LogP contribution in [0.2, 0.25) is 0 Å². The molecule has 1 heterocycles. The largest absolute Gasteiger partial charge is 0.457 e. The van der Waals surface area contributed by atoms with Crippen molar-refractivity contribution in [3.05, 3.63) is 12.0 Å². The maximum Gasteiger partial charge on any atom is 0.247 e. The molecule has 0 aromatic heterocycles. The first-order chi connectivity index (χ1) is 5.56. The van der Waals surface area contributed by atoms with E-state index in [-0.39, 0.29) is 0 Å². The van der Waals surface area contributed by atoms with Crippen molar-refractivity contribution in [3.8, 4) is 0 Å². The van der Waals surface area contributed by atoms with Gasteiger partial charge in [-0.25, -0.2) is 0 Å². The van der Waals surface area contributed by atoms with E-state index >= 15 is 0 Å². The minimum atomic E-state index is -0.483. The Morgan fingerprint density at radius 2 is 2.25 bits per heavy atom. The topological polar surface area (TPSA) is 44.5 Å². The number of hydrogen-bond donors (Lipinski definition) is 1. The van der Waals surface area contributed by atoms with Gasteiger partial charge in [-0.1, -0.05) is 13.8 Å². The Kier molecular flexibility index (Phi) is 2.62. The molecule has 1 aliphatic rings. The van der Waals surface area contributed by atoms with Gasteiger partial charge in [0, 0.05) is 13.3 Å². The van der Waals surface area contributed by atoms with Crippen LogP contribution < -0.4 is 5.73 Å². The Labute approximate surface area is 73.5 Å². The fourth-order valence-electron chi connectivity index (χ4n) is 1.44. The molecule has 0 aromatic carbocycles.